The van der Waals surface area contributed by atoms with Crippen LogP contribution in [0.2, 0.25) is 0 Å². The maximum Gasteiger partial charge on any atom is 0.272 e. The first kappa shape index (κ1) is 24.0. The molecule has 2 amide bonds. The topological polar surface area (TPSA) is 171 Å². The summed E-state index contributed by atoms with van der Waals surface area (Å²) in [5, 5.41) is 25.5. The van der Waals surface area contributed by atoms with E-state index >= 15 is 0 Å². The van der Waals surface area contributed by atoms with Gasteiger partial charge < -0.3 is 20.9 Å². The summed E-state index contributed by atoms with van der Waals surface area (Å²) in [6, 6.07) is 6.73. The van der Waals surface area contributed by atoms with E-state index in [1.165, 1.54) is 29.2 Å². The van der Waals surface area contributed by atoms with Crippen molar-refractivity contribution in [2.45, 2.75) is 32.4 Å². The molecule has 35 heavy (non-hydrogen) atoms. The first-order chi connectivity index (χ1) is 17.0. The average Bonchev–Trinajstić information content (AvgIpc) is 3.55. The van der Waals surface area contributed by atoms with Gasteiger partial charge in [-0.25, -0.2) is 10.0 Å². The Balaban J connectivity index is 1.82. The van der Waals surface area contributed by atoms with Gasteiger partial charge in [-0.3, -0.25) is 19.1 Å². The number of carbonyl (C=O) groups excluding carboxylic acids is 2. The predicted octanol–water partition coefficient (Wildman–Crippen LogP) is 0.817. The van der Waals surface area contributed by atoms with Crippen LogP contribution in [0, 0.1) is 0 Å². The summed E-state index contributed by atoms with van der Waals surface area (Å²) in [5.74, 6) is -0.543. The van der Waals surface area contributed by atoms with E-state index in [1.807, 2.05) is 0 Å². The summed E-state index contributed by atoms with van der Waals surface area (Å²) < 4.78 is 7.20. The molecule has 0 unspecified atom stereocenters. The normalized spacial score (nSPS) is 12.9. The highest BCUT2D eigenvalue weighted by atomic mass is 16.7. The van der Waals surface area contributed by atoms with Crippen LogP contribution >= 0.6 is 0 Å². The molecule has 2 heterocycles. The number of para-hydroxylation sites is 1. The lowest BCUT2D eigenvalue weighted by Crippen LogP contribution is -2.29. The van der Waals surface area contributed by atoms with Crippen LogP contribution < -0.4 is 20.9 Å². The van der Waals surface area contributed by atoms with Gasteiger partial charge in [-0.05, 0) is 38.0 Å². The van der Waals surface area contributed by atoms with Gasteiger partial charge in [-0.2, -0.15) is 5.10 Å². The highest BCUT2D eigenvalue weighted by molar-refractivity contribution is 6.00. The predicted molar refractivity (Wildman–Crippen MR) is 124 cm³/mol. The molecule has 1 aliphatic carbocycles. The van der Waals surface area contributed by atoms with Crippen LogP contribution in [0.4, 0.5) is 11.4 Å². The Hall–Kier alpha value is -4.10. The molecule has 13 nitrogen and oxygen atoms in total. The van der Waals surface area contributed by atoms with Crippen molar-refractivity contribution in [1.29, 1.82) is 0 Å². The minimum atomic E-state index is -0.842. The van der Waals surface area contributed by atoms with E-state index < -0.39 is 11.8 Å². The molecule has 0 bridgehead atoms. The SMILES string of the molecule is CCON(c1cc(C(=O)NC2CC2)nnc1C(N)=O)c1cccc(-c2ncn(CCO)n2)c1OC. The van der Waals surface area contributed by atoms with E-state index in [9.17, 15) is 14.7 Å². The Labute approximate surface area is 200 Å². The molecule has 4 rings (SSSR count). The molecule has 0 spiro atoms. The molecule has 13 heteroatoms. The number of nitrogens with two attached hydrogens (primary N) is 1. The molecular formula is C22H26N8O5. The molecule has 2 aromatic heterocycles. The van der Waals surface area contributed by atoms with Crippen molar-refractivity contribution in [3.05, 3.63) is 42.0 Å². The van der Waals surface area contributed by atoms with Crippen molar-refractivity contribution in [1.82, 2.24) is 30.3 Å². The third-order valence-electron chi connectivity index (χ3n) is 5.15. The lowest BCUT2D eigenvalue weighted by molar-refractivity contribution is 0.0939. The van der Waals surface area contributed by atoms with Crippen LogP contribution in [0.15, 0.2) is 30.6 Å². The standard InChI is InChI=1S/C22H26N8O5/c1-3-35-30(17-11-15(22(33)25-13-7-8-13)26-27-18(17)20(23)32)16-6-4-5-14(19(16)34-2)21-24-12-29(28-21)9-10-31/h4-6,11-13,31H,3,7-10H2,1-2H3,(H2,23,32)(H,25,33). The van der Waals surface area contributed by atoms with Crippen LogP contribution in [0.1, 0.15) is 40.7 Å². The molecule has 184 valence electrons. The van der Waals surface area contributed by atoms with Crippen molar-refractivity contribution in [3.8, 4) is 17.1 Å². The van der Waals surface area contributed by atoms with Crippen molar-refractivity contribution in [2.75, 3.05) is 25.4 Å². The molecule has 0 saturated heterocycles. The minimum absolute atomic E-state index is 0.0149. The maximum atomic E-state index is 12.6. The number of amides is 2. The number of primary amides is 1. The van der Waals surface area contributed by atoms with Gasteiger partial charge in [0.25, 0.3) is 11.8 Å². The molecule has 1 saturated carbocycles. The Morgan fingerprint density at radius 3 is 2.74 bits per heavy atom. The largest absolute Gasteiger partial charge is 0.494 e. The number of ether oxygens (including phenoxy) is 1. The zero-order valence-electron chi connectivity index (χ0n) is 19.3. The van der Waals surface area contributed by atoms with Crippen LogP contribution in [-0.2, 0) is 11.4 Å². The maximum absolute atomic E-state index is 12.6. The van der Waals surface area contributed by atoms with E-state index in [0.717, 1.165) is 12.8 Å². The Kier molecular flexibility index (Phi) is 7.17. The van der Waals surface area contributed by atoms with Gasteiger partial charge >= 0.3 is 0 Å². The number of benzene rings is 1. The van der Waals surface area contributed by atoms with E-state index in [1.54, 1.807) is 25.1 Å². The number of anilines is 2. The summed E-state index contributed by atoms with van der Waals surface area (Å²) in [7, 11) is 1.48. The second-order valence-electron chi connectivity index (χ2n) is 7.70. The third-order valence-corrected chi connectivity index (χ3v) is 5.15. The van der Waals surface area contributed by atoms with Gasteiger partial charge in [0.15, 0.2) is 23.0 Å². The van der Waals surface area contributed by atoms with Crippen molar-refractivity contribution < 1.29 is 24.3 Å². The number of rotatable bonds is 11. The number of aromatic nitrogens is 5. The number of nitrogens with one attached hydrogen (secondary N) is 1. The molecule has 1 fully saturated rings. The smallest absolute Gasteiger partial charge is 0.272 e. The summed E-state index contributed by atoms with van der Waals surface area (Å²) in [4.78, 5) is 35.0. The number of aliphatic hydroxyl groups is 1. The molecule has 1 aliphatic rings. The van der Waals surface area contributed by atoms with Crippen molar-refractivity contribution in [2.24, 2.45) is 5.73 Å². The van der Waals surface area contributed by atoms with Gasteiger partial charge in [0.1, 0.15) is 17.7 Å². The van der Waals surface area contributed by atoms with E-state index in [2.05, 4.69) is 25.6 Å². The van der Waals surface area contributed by atoms with E-state index in [4.69, 9.17) is 15.3 Å². The van der Waals surface area contributed by atoms with Crippen LogP contribution in [0.3, 0.4) is 0 Å². The number of aliphatic hydroxyl groups excluding tert-OH is 1. The fourth-order valence-corrected chi connectivity index (χ4v) is 3.41. The monoisotopic (exact) mass is 482 g/mol. The molecular weight excluding hydrogens is 456 g/mol. The summed E-state index contributed by atoms with van der Waals surface area (Å²) in [5.41, 5.74) is 6.47. The first-order valence-corrected chi connectivity index (χ1v) is 11.1. The number of nitrogens with zero attached hydrogens (tertiary/aromatic N) is 6. The fraction of sp³-hybridized carbons (Fsp3) is 0.364. The second kappa shape index (κ2) is 10.4. The molecule has 3 aromatic rings. The number of hydrogen-bond acceptors (Lipinski definition) is 10. The highest BCUT2D eigenvalue weighted by Crippen LogP contribution is 2.41. The fourth-order valence-electron chi connectivity index (χ4n) is 3.41. The summed E-state index contributed by atoms with van der Waals surface area (Å²) >= 11 is 0. The second-order valence-corrected chi connectivity index (χ2v) is 7.70. The lowest BCUT2D eigenvalue weighted by Gasteiger charge is -2.26. The minimum Gasteiger partial charge on any atom is -0.494 e. The third kappa shape index (κ3) is 5.20. The quantitative estimate of drug-likeness (QED) is 0.332. The number of methoxy groups -OCH3 is 1. The van der Waals surface area contributed by atoms with Gasteiger partial charge in [0.05, 0.1) is 32.4 Å². The van der Waals surface area contributed by atoms with Gasteiger partial charge in [0.2, 0.25) is 0 Å². The molecule has 4 N–H and O–H groups in total. The Morgan fingerprint density at radius 2 is 2.09 bits per heavy atom. The van der Waals surface area contributed by atoms with Gasteiger partial charge in [-0.15, -0.1) is 10.2 Å². The molecule has 0 atom stereocenters. The Morgan fingerprint density at radius 1 is 1.29 bits per heavy atom. The lowest BCUT2D eigenvalue weighted by atomic mass is 10.1. The average molecular weight is 483 g/mol. The van der Waals surface area contributed by atoms with Crippen molar-refractivity contribution >= 4 is 23.2 Å². The van der Waals surface area contributed by atoms with Gasteiger partial charge in [0, 0.05) is 6.04 Å². The van der Waals surface area contributed by atoms with Crippen LogP contribution in [-0.4, -0.2) is 68.2 Å². The first-order valence-electron chi connectivity index (χ1n) is 11.1. The zero-order chi connectivity index (χ0) is 24.9. The van der Waals surface area contributed by atoms with Crippen molar-refractivity contribution in [3.63, 3.8) is 0 Å². The number of hydrogen-bond donors (Lipinski definition) is 3. The van der Waals surface area contributed by atoms with Crippen LogP contribution in [0.25, 0.3) is 11.4 Å². The summed E-state index contributed by atoms with van der Waals surface area (Å²) in [6.07, 6.45) is 3.31. The molecule has 1 aromatic carbocycles. The number of carbonyl (C=O) groups is 2. The van der Waals surface area contributed by atoms with E-state index in [0.29, 0.717) is 22.8 Å². The molecule has 0 aliphatic heterocycles. The molecule has 0 radical (unpaired) electrons. The highest BCUT2D eigenvalue weighted by Gasteiger charge is 2.28. The van der Waals surface area contributed by atoms with E-state index in [-0.39, 0.29) is 42.9 Å². The van der Waals surface area contributed by atoms with Crippen LogP contribution in [0.5, 0.6) is 5.75 Å². The zero-order valence-corrected chi connectivity index (χ0v) is 19.3. The van der Waals surface area contributed by atoms with Gasteiger partial charge in [-0.1, -0.05) is 6.07 Å². The summed E-state index contributed by atoms with van der Waals surface area (Å²) in [6.45, 7) is 2.18. The Bertz CT molecular complexity index is 1230.